The molecular weight excluding hydrogens is 304 g/mol. The quantitative estimate of drug-likeness (QED) is 0.538. The Bertz CT molecular complexity index is 506. The van der Waals surface area contributed by atoms with Crippen molar-refractivity contribution in [3.63, 3.8) is 0 Å². The number of carbonyl (C=O) groups is 1. The van der Waals surface area contributed by atoms with E-state index in [1.807, 2.05) is 20.8 Å². The number of carbonyl (C=O) groups excluding carboxylic acids is 1. The minimum Gasteiger partial charge on any atom is -0.377 e. The van der Waals surface area contributed by atoms with Crippen LogP contribution in [0.3, 0.4) is 0 Å². The third kappa shape index (κ3) is 3.25. The number of nitrogens with zero attached hydrogens (tertiary/aromatic N) is 1. The van der Waals surface area contributed by atoms with Crippen molar-refractivity contribution in [1.29, 1.82) is 0 Å². The Kier molecular flexibility index (Phi) is 4.78. The number of rotatable bonds is 3. The molecule has 1 aliphatic heterocycles. The maximum absolute atomic E-state index is 12.0. The molecule has 2 saturated carbocycles. The van der Waals surface area contributed by atoms with Gasteiger partial charge in [0.25, 0.3) is 0 Å². The van der Waals surface area contributed by atoms with E-state index < -0.39 is 0 Å². The summed E-state index contributed by atoms with van der Waals surface area (Å²) in [6, 6.07) is 0.421. The zero-order valence-corrected chi connectivity index (χ0v) is 15.4. The second-order valence-corrected chi connectivity index (χ2v) is 8.53. The molecule has 2 aliphatic carbocycles. The van der Waals surface area contributed by atoms with Gasteiger partial charge in [-0.2, -0.15) is 0 Å². The number of amides is 1. The van der Waals surface area contributed by atoms with Gasteiger partial charge in [0.2, 0.25) is 5.91 Å². The molecule has 0 aromatic carbocycles. The van der Waals surface area contributed by atoms with Crippen molar-refractivity contribution in [1.82, 2.24) is 16.0 Å². The third-order valence-corrected chi connectivity index (χ3v) is 5.73. The van der Waals surface area contributed by atoms with Crippen molar-refractivity contribution >= 4 is 11.9 Å². The molecule has 6 nitrogen and oxygen atoms in total. The molecule has 0 aromatic heterocycles. The van der Waals surface area contributed by atoms with Crippen LogP contribution in [-0.4, -0.2) is 49.8 Å². The van der Waals surface area contributed by atoms with Gasteiger partial charge < -0.3 is 20.7 Å². The van der Waals surface area contributed by atoms with Gasteiger partial charge in [0.05, 0.1) is 12.6 Å². The fourth-order valence-corrected chi connectivity index (χ4v) is 4.87. The highest BCUT2D eigenvalue weighted by Gasteiger charge is 2.65. The van der Waals surface area contributed by atoms with E-state index in [1.54, 1.807) is 7.05 Å². The number of hydrogen-bond acceptors (Lipinski definition) is 3. The van der Waals surface area contributed by atoms with Crippen LogP contribution in [0.5, 0.6) is 0 Å². The molecule has 0 aromatic rings. The van der Waals surface area contributed by atoms with Crippen LogP contribution in [0.25, 0.3) is 0 Å². The minimum atomic E-state index is -0.216. The second kappa shape index (κ2) is 6.54. The summed E-state index contributed by atoms with van der Waals surface area (Å²) >= 11 is 0. The molecule has 3 atom stereocenters. The van der Waals surface area contributed by atoms with Crippen LogP contribution in [0.15, 0.2) is 4.99 Å². The zero-order chi connectivity index (χ0) is 17.4. The summed E-state index contributed by atoms with van der Waals surface area (Å²) in [7, 11) is 1.76. The fourth-order valence-electron chi connectivity index (χ4n) is 4.87. The van der Waals surface area contributed by atoms with E-state index in [0.717, 1.165) is 19.0 Å². The van der Waals surface area contributed by atoms with Crippen molar-refractivity contribution in [2.75, 3.05) is 20.2 Å². The molecule has 0 bridgehead atoms. The Balaban J connectivity index is 1.56. The van der Waals surface area contributed by atoms with Crippen LogP contribution in [0.4, 0.5) is 0 Å². The van der Waals surface area contributed by atoms with Gasteiger partial charge in [-0.05, 0) is 40.0 Å². The predicted molar refractivity (Wildman–Crippen MR) is 94.9 cm³/mol. The van der Waals surface area contributed by atoms with Gasteiger partial charge in [-0.15, -0.1) is 0 Å². The first-order valence-electron chi connectivity index (χ1n) is 9.25. The molecule has 136 valence electrons. The molecule has 0 radical (unpaired) electrons. The Morgan fingerprint density at radius 3 is 2.62 bits per heavy atom. The molecule has 1 amide bonds. The lowest BCUT2D eigenvalue weighted by Crippen LogP contribution is -2.69. The number of hydrogen-bond donors (Lipinski definition) is 3. The summed E-state index contributed by atoms with van der Waals surface area (Å²) in [5.41, 5.74) is 0.0679. The van der Waals surface area contributed by atoms with E-state index in [-0.39, 0.29) is 23.4 Å². The molecule has 3 unspecified atom stereocenters. The first-order valence-corrected chi connectivity index (χ1v) is 9.25. The van der Waals surface area contributed by atoms with E-state index in [2.05, 4.69) is 20.9 Å². The smallest absolute Gasteiger partial charge is 0.239 e. The average Bonchev–Trinajstić information content (AvgIpc) is 3.13. The Labute approximate surface area is 145 Å². The number of guanidine groups is 1. The van der Waals surface area contributed by atoms with Gasteiger partial charge >= 0.3 is 0 Å². The monoisotopic (exact) mass is 336 g/mol. The molecular formula is C18H32N4O2. The molecule has 1 spiro atoms. The van der Waals surface area contributed by atoms with Crippen LogP contribution >= 0.6 is 0 Å². The molecule has 3 fully saturated rings. The molecule has 3 rings (SSSR count). The van der Waals surface area contributed by atoms with E-state index in [1.165, 1.54) is 25.7 Å². The molecule has 1 saturated heterocycles. The summed E-state index contributed by atoms with van der Waals surface area (Å²) in [4.78, 5) is 16.3. The van der Waals surface area contributed by atoms with Crippen LogP contribution in [-0.2, 0) is 9.53 Å². The van der Waals surface area contributed by atoms with E-state index in [4.69, 9.17) is 4.74 Å². The van der Waals surface area contributed by atoms with Crippen LogP contribution in [0, 0.1) is 11.3 Å². The molecule has 6 heteroatoms. The van der Waals surface area contributed by atoms with Crippen molar-refractivity contribution in [3.05, 3.63) is 0 Å². The number of aliphatic imine (C=N–C) groups is 1. The third-order valence-electron chi connectivity index (χ3n) is 5.73. The maximum Gasteiger partial charge on any atom is 0.239 e. The molecule has 24 heavy (non-hydrogen) atoms. The van der Waals surface area contributed by atoms with Crippen LogP contribution in [0.1, 0.15) is 52.9 Å². The zero-order valence-electron chi connectivity index (χ0n) is 15.4. The summed E-state index contributed by atoms with van der Waals surface area (Å²) in [6.07, 6.45) is 6.64. The normalized spacial score (nSPS) is 31.5. The van der Waals surface area contributed by atoms with Crippen molar-refractivity contribution < 1.29 is 9.53 Å². The highest BCUT2D eigenvalue weighted by atomic mass is 16.5. The molecule has 3 N–H and O–H groups in total. The largest absolute Gasteiger partial charge is 0.377 e. The minimum absolute atomic E-state index is 0.0169. The Morgan fingerprint density at radius 1 is 1.29 bits per heavy atom. The number of ether oxygens (including phenoxy) is 1. The second-order valence-electron chi connectivity index (χ2n) is 8.53. The standard InChI is InChI=1S/C18H32N4O2/c1-17(2,3)22-13(23)11-20-16(19-4)21-14-12-7-10-24-15(12)18(14)8-5-6-9-18/h12,14-15H,5-11H2,1-4H3,(H,22,23)(H2,19,20,21). The first kappa shape index (κ1) is 17.5. The molecule has 3 aliphatic rings. The summed E-state index contributed by atoms with van der Waals surface area (Å²) in [6.45, 7) is 7.07. The summed E-state index contributed by atoms with van der Waals surface area (Å²) in [5, 5.41) is 9.73. The lowest BCUT2D eigenvalue weighted by molar-refractivity contribution is -0.125. The van der Waals surface area contributed by atoms with Crippen molar-refractivity contribution in [2.45, 2.75) is 70.6 Å². The SMILES string of the molecule is CN=C(NCC(=O)NC(C)(C)C)NC1C2CCOC2C12CCCC2. The molecule has 1 heterocycles. The van der Waals surface area contributed by atoms with E-state index >= 15 is 0 Å². The predicted octanol–water partition coefficient (Wildman–Crippen LogP) is 1.41. The van der Waals surface area contributed by atoms with Gasteiger partial charge in [0.15, 0.2) is 5.96 Å². The van der Waals surface area contributed by atoms with Crippen LogP contribution in [0.2, 0.25) is 0 Å². The van der Waals surface area contributed by atoms with Gasteiger partial charge in [-0.3, -0.25) is 9.79 Å². The lowest BCUT2D eigenvalue weighted by Gasteiger charge is -2.57. The lowest BCUT2D eigenvalue weighted by atomic mass is 9.54. The fraction of sp³-hybridized carbons (Fsp3) is 0.889. The van der Waals surface area contributed by atoms with Gasteiger partial charge in [-0.25, -0.2) is 0 Å². The van der Waals surface area contributed by atoms with Crippen molar-refractivity contribution in [2.24, 2.45) is 16.3 Å². The Hall–Kier alpha value is -1.30. The Morgan fingerprint density at radius 2 is 2.00 bits per heavy atom. The topological polar surface area (TPSA) is 74.8 Å². The van der Waals surface area contributed by atoms with E-state index in [0.29, 0.717) is 18.1 Å². The van der Waals surface area contributed by atoms with Gasteiger partial charge in [0, 0.05) is 36.6 Å². The highest BCUT2D eigenvalue weighted by molar-refractivity contribution is 5.87. The maximum atomic E-state index is 12.0. The average molecular weight is 336 g/mol. The van der Waals surface area contributed by atoms with Crippen LogP contribution < -0.4 is 16.0 Å². The van der Waals surface area contributed by atoms with Gasteiger partial charge in [-0.1, -0.05) is 12.8 Å². The highest BCUT2D eigenvalue weighted by Crippen LogP contribution is 2.60. The van der Waals surface area contributed by atoms with Crippen molar-refractivity contribution in [3.8, 4) is 0 Å². The summed E-state index contributed by atoms with van der Waals surface area (Å²) < 4.78 is 6.02. The van der Waals surface area contributed by atoms with E-state index in [9.17, 15) is 4.79 Å². The first-order chi connectivity index (χ1) is 11.4. The summed E-state index contributed by atoms with van der Waals surface area (Å²) in [5.74, 6) is 1.29. The number of nitrogens with one attached hydrogen (secondary N) is 3. The number of fused-ring (bicyclic) bond motifs is 2. The van der Waals surface area contributed by atoms with Gasteiger partial charge in [0.1, 0.15) is 0 Å².